The van der Waals surface area contributed by atoms with Gasteiger partial charge in [-0.2, -0.15) is 0 Å². The Kier molecular flexibility index (Phi) is 9.11. The van der Waals surface area contributed by atoms with Crippen LogP contribution < -0.4 is 10.6 Å². The van der Waals surface area contributed by atoms with Crippen molar-refractivity contribution in [2.75, 3.05) is 20.1 Å². The third kappa shape index (κ3) is 6.80. The Labute approximate surface area is 207 Å². The number of halogens is 1. The van der Waals surface area contributed by atoms with Gasteiger partial charge < -0.3 is 15.1 Å². The molecule has 7 heteroatoms. The van der Waals surface area contributed by atoms with Gasteiger partial charge >= 0.3 is 0 Å². The molecular weight excluding hydrogens is 513 g/mol. The fraction of sp³-hybridized carbons (Fsp3) is 0.360. The van der Waals surface area contributed by atoms with Crippen molar-refractivity contribution in [1.82, 2.24) is 20.5 Å². The minimum atomic E-state index is 0. The molecule has 1 aromatic heterocycles. The van der Waals surface area contributed by atoms with E-state index in [-0.39, 0.29) is 24.0 Å². The molecular formula is C25H32IN5O. The van der Waals surface area contributed by atoms with Crippen LogP contribution in [0.2, 0.25) is 0 Å². The highest BCUT2D eigenvalue weighted by atomic mass is 127. The lowest BCUT2D eigenvalue weighted by atomic mass is 10.0. The second-order valence-corrected chi connectivity index (χ2v) is 8.09. The molecule has 0 spiro atoms. The predicted octanol–water partition coefficient (Wildman–Crippen LogP) is 4.60. The van der Waals surface area contributed by atoms with Gasteiger partial charge in [0.15, 0.2) is 11.7 Å². The van der Waals surface area contributed by atoms with Gasteiger partial charge in [0.25, 0.3) is 0 Å². The summed E-state index contributed by atoms with van der Waals surface area (Å²) in [5.41, 5.74) is 3.64. The molecule has 6 nitrogen and oxygen atoms in total. The van der Waals surface area contributed by atoms with E-state index in [4.69, 9.17) is 4.42 Å². The standard InChI is InChI=1S/C25H31N5O.HI/c1-19-8-10-21(11-9-19)23-16-27-24(31-23)17-28-25(26-2)29-22-12-14-30(15-13-22)18-20-6-4-3-5-7-20;/h3-11,16,22H,12-15,17-18H2,1-2H3,(H2,26,28,29);1H. The van der Waals surface area contributed by atoms with Gasteiger partial charge in [-0.15, -0.1) is 24.0 Å². The molecule has 0 atom stereocenters. The zero-order valence-corrected chi connectivity index (χ0v) is 21.1. The number of nitrogens with zero attached hydrogens (tertiary/aromatic N) is 3. The minimum absolute atomic E-state index is 0. The Hall–Kier alpha value is -2.39. The van der Waals surface area contributed by atoms with Crippen LogP contribution in [0, 0.1) is 6.92 Å². The monoisotopic (exact) mass is 545 g/mol. The van der Waals surface area contributed by atoms with Crippen LogP contribution in [0.25, 0.3) is 11.3 Å². The van der Waals surface area contributed by atoms with Gasteiger partial charge in [-0.25, -0.2) is 4.98 Å². The highest BCUT2D eigenvalue weighted by Gasteiger charge is 2.20. The summed E-state index contributed by atoms with van der Waals surface area (Å²) in [6, 6.07) is 19.4. The zero-order valence-electron chi connectivity index (χ0n) is 18.8. The molecule has 1 saturated heterocycles. The third-order valence-corrected chi connectivity index (χ3v) is 5.70. The smallest absolute Gasteiger partial charge is 0.214 e. The fourth-order valence-electron chi connectivity index (χ4n) is 3.87. The second kappa shape index (κ2) is 12.0. The average molecular weight is 545 g/mol. The van der Waals surface area contributed by atoms with E-state index in [0.717, 1.165) is 49.8 Å². The van der Waals surface area contributed by atoms with Crippen LogP contribution in [0.4, 0.5) is 0 Å². The number of aryl methyl sites for hydroxylation is 1. The number of benzene rings is 2. The number of guanidine groups is 1. The fourth-order valence-corrected chi connectivity index (χ4v) is 3.87. The number of hydrogen-bond donors (Lipinski definition) is 2. The summed E-state index contributed by atoms with van der Waals surface area (Å²) in [6.07, 6.45) is 3.98. The highest BCUT2D eigenvalue weighted by molar-refractivity contribution is 14.0. The summed E-state index contributed by atoms with van der Waals surface area (Å²) < 4.78 is 5.90. The zero-order chi connectivity index (χ0) is 21.5. The normalized spacial score (nSPS) is 15.2. The first-order valence-corrected chi connectivity index (χ1v) is 10.9. The Morgan fingerprint density at radius 1 is 1.09 bits per heavy atom. The lowest BCUT2D eigenvalue weighted by Crippen LogP contribution is -2.48. The summed E-state index contributed by atoms with van der Waals surface area (Å²) in [5, 5.41) is 6.87. The molecule has 170 valence electrons. The number of oxazole rings is 1. The number of piperidine rings is 1. The molecule has 4 rings (SSSR count). The molecule has 1 aliphatic heterocycles. The van der Waals surface area contributed by atoms with Crippen LogP contribution >= 0.6 is 24.0 Å². The van der Waals surface area contributed by atoms with Gasteiger partial charge in [-0.1, -0.05) is 60.2 Å². The Morgan fingerprint density at radius 3 is 2.50 bits per heavy atom. The van der Waals surface area contributed by atoms with Crippen LogP contribution in [0.15, 0.2) is 70.2 Å². The van der Waals surface area contributed by atoms with E-state index in [1.54, 1.807) is 13.2 Å². The lowest BCUT2D eigenvalue weighted by molar-refractivity contribution is 0.198. The number of likely N-dealkylation sites (tertiary alicyclic amines) is 1. The number of aromatic nitrogens is 1. The third-order valence-electron chi connectivity index (χ3n) is 5.70. The van der Waals surface area contributed by atoms with Crippen molar-refractivity contribution >= 4 is 29.9 Å². The highest BCUT2D eigenvalue weighted by Crippen LogP contribution is 2.20. The van der Waals surface area contributed by atoms with Gasteiger partial charge in [0, 0.05) is 38.3 Å². The maximum absolute atomic E-state index is 5.90. The number of hydrogen-bond acceptors (Lipinski definition) is 4. The van der Waals surface area contributed by atoms with Crippen molar-refractivity contribution < 1.29 is 4.42 Å². The van der Waals surface area contributed by atoms with Crippen molar-refractivity contribution in [3.63, 3.8) is 0 Å². The largest absolute Gasteiger partial charge is 0.439 e. The molecule has 3 aromatic rings. The summed E-state index contributed by atoms with van der Waals surface area (Å²) in [5.74, 6) is 2.22. The first-order valence-electron chi connectivity index (χ1n) is 10.9. The van der Waals surface area contributed by atoms with Crippen LogP contribution in [-0.4, -0.2) is 42.0 Å². The molecule has 2 aromatic carbocycles. The van der Waals surface area contributed by atoms with E-state index < -0.39 is 0 Å². The van der Waals surface area contributed by atoms with Crippen LogP contribution in [0.1, 0.15) is 29.9 Å². The van der Waals surface area contributed by atoms with E-state index in [9.17, 15) is 0 Å². The van der Waals surface area contributed by atoms with E-state index >= 15 is 0 Å². The van der Waals surface area contributed by atoms with Crippen LogP contribution in [0.3, 0.4) is 0 Å². The molecule has 0 unspecified atom stereocenters. The summed E-state index contributed by atoms with van der Waals surface area (Å²) in [6.45, 7) is 5.77. The molecule has 1 aliphatic rings. The van der Waals surface area contributed by atoms with Gasteiger partial charge in [0.05, 0.1) is 12.7 Å². The van der Waals surface area contributed by atoms with Gasteiger partial charge in [-0.05, 0) is 25.3 Å². The molecule has 0 bridgehead atoms. The summed E-state index contributed by atoms with van der Waals surface area (Å²) >= 11 is 0. The topological polar surface area (TPSA) is 65.7 Å². The average Bonchev–Trinajstić information content (AvgIpc) is 3.28. The second-order valence-electron chi connectivity index (χ2n) is 8.09. The van der Waals surface area contributed by atoms with Crippen molar-refractivity contribution in [2.24, 2.45) is 4.99 Å². The maximum atomic E-state index is 5.90. The minimum Gasteiger partial charge on any atom is -0.439 e. The van der Waals surface area contributed by atoms with E-state index in [1.165, 1.54) is 11.1 Å². The van der Waals surface area contributed by atoms with E-state index in [2.05, 4.69) is 87.0 Å². The number of rotatable bonds is 6. The summed E-state index contributed by atoms with van der Waals surface area (Å²) in [7, 11) is 1.80. The molecule has 32 heavy (non-hydrogen) atoms. The lowest BCUT2D eigenvalue weighted by Gasteiger charge is -2.33. The number of aliphatic imine (C=N–C) groups is 1. The van der Waals surface area contributed by atoms with Crippen molar-refractivity contribution in [3.05, 3.63) is 77.8 Å². The molecule has 0 saturated carbocycles. The van der Waals surface area contributed by atoms with Crippen molar-refractivity contribution in [1.29, 1.82) is 0 Å². The molecule has 0 aliphatic carbocycles. The Morgan fingerprint density at radius 2 is 1.81 bits per heavy atom. The predicted molar refractivity (Wildman–Crippen MR) is 140 cm³/mol. The number of nitrogens with one attached hydrogen (secondary N) is 2. The molecule has 2 heterocycles. The quantitative estimate of drug-likeness (QED) is 0.270. The molecule has 2 N–H and O–H groups in total. The van der Waals surface area contributed by atoms with E-state index in [0.29, 0.717) is 18.5 Å². The van der Waals surface area contributed by atoms with E-state index in [1.807, 2.05) is 0 Å². The van der Waals surface area contributed by atoms with Crippen LogP contribution in [0.5, 0.6) is 0 Å². The Balaban J connectivity index is 0.00000289. The van der Waals surface area contributed by atoms with Crippen molar-refractivity contribution in [2.45, 2.75) is 38.9 Å². The van der Waals surface area contributed by atoms with Gasteiger partial charge in [-0.3, -0.25) is 9.89 Å². The molecule has 1 fully saturated rings. The van der Waals surface area contributed by atoms with Crippen molar-refractivity contribution in [3.8, 4) is 11.3 Å². The first kappa shape index (κ1) is 24.3. The van der Waals surface area contributed by atoms with Gasteiger partial charge in [0.1, 0.15) is 0 Å². The Bertz CT molecular complexity index is 979. The van der Waals surface area contributed by atoms with Gasteiger partial charge in [0.2, 0.25) is 5.89 Å². The maximum Gasteiger partial charge on any atom is 0.214 e. The molecule has 0 radical (unpaired) electrons. The summed E-state index contributed by atoms with van der Waals surface area (Å²) in [4.78, 5) is 11.3. The molecule has 0 amide bonds. The van der Waals surface area contributed by atoms with Crippen LogP contribution in [-0.2, 0) is 13.1 Å². The first-order chi connectivity index (χ1) is 15.2. The SMILES string of the molecule is CN=C(NCc1ncc(-c2ccc(C)cc2)o1)NC1CCN(Cc2ccccc2)CC1.I.